The van der Waals surface area contributed by atoms with Crippen LogP contribution in [-0.2, 0) is 11.3 Å². The van der Waals surface area contributed by atoms with Crippen LogP contribution in [0.4, 0.5) is 0 Å². The van der Waals surface area contributed by atoms with Gasteiger partial charge in [0.05, 0.1) is 22.7 Å². The quantitative estimate of drug-likeness (QED) is 0.806. The third-order valence-corrected chi connectivity index (χ3v) is 4.78. The molecule has 0 aliphatic heterocycles. The molecule has 5 nitrogen and oxygen atoms in total. The molecule has 0 atom stereocenters. The van der Waals surface area contributed by atoms with E-state index in [2.05, 4.69) is 9.82 Å². The van der Waals surface area contributed by atoms with Gasteiger partial charge in [-0.1, -0.05) is 19.3 Å². The first-order chi connectivity index (χ1) is 8.66. The highest BCUT2D eigenvalue weighted by Crippen LogP contribution is 2.35. The van der Waals surface area contributed by atoms with Gasteiger partial charge < -0.3 is 0 Å². The SMILES string of the molecule is Cc1nc(C2CCCCC2)sc1CCON(O)O. The fraction of sp³-hybridized carbons (Fsp3) is 0.750. The minimum Gasteiger partial charge on any atom is -0.266 e. The lowest BCUT2D eigenvalue weighted by Gasteiger charge is -2.18. The van der Waals surface area contributed by atoms with Gasteiger partial charge in [-0.2, -0.15) is 0 Å². The van der Waals surface area contributed by atoms with Crippen LogP contribution in [0.3, 0.4) is 0 Å². The highest BCUT2D eigenvalue weighted by molar-refractivity contribution is 7.11. The van der Waals surface area contributed by atoms with Crippen molar-refractivity contribution in [2.24, 2.45) is 0 Å². The Labute approximate surface area is 111 Å². The summed E-state index contributed by atoms with van der Waals surface area (Å²) in [6, 6.07) is 0. The van der Waals surface area contributed by atoms with Gasteiger partial charge in [0, 0.05) is 17.2 Å². The number of aryl methyl sites for hydroxylation is 1. The standard InChI is InChI=1S/C12H20N2O3S/c1-9-11(7-8-17-14(15)16)18-12(13-9)10-5-3-2-4-6-10/h10,15-16H,2-8H2,1H3. The molecule has 0 saturated heterocycles. The molecule has 1 aromatic heterocycles. The van der Waals surface area contributed by atoms with Crippen LogP contribution < -0.4 is 0 Å². The summed E-state index contributed by atoms with van der Waals surface area (Å²) < 4.78 is 0. The van der Waals surface area contributed by atoms with Crippen LogP contribution in [0, 0.1) is 6.92 Å². The zero-order valence-corrected chi connectivity index (χ0v) is 11.4. The molecule has 2 rings (SSSR count). The number of hydrogen-bond acceptors (Lipinski definition) is 6. The van der Waals surface area contributed by atoms with E-state index in [4.69, 9.17) is 10.4 Å². The summed E-state index contributed by atoms with van der Waals surface area (Å²) in [5.41, 5.74) is 1.05. The molecule has 0 unspecified atom stereocenters. The van der Waals surface area contributed by atoms with E-state index in [1.165, 1.54) is 42.0 Å². The summed E-state index contributed by atoms with van der Waals surface area (Å²) in [7, 11) is 0. The van der Waals surface area contributed by atoms with E-state index in [1.807, 2.05) is 6.92 Å². The van der Waals surface area contributed by atoms with E-state index in [1.54, 1.807) is 11.3 Å². The fourth-order valence-electron chi connectivity index (χ4n) is 2.43. The summed E-state index contributed by atoms with van der Waals surface area (Å²) in [5, 5.41) is 17.9. The molecule has 2 N–H and O–H groups in total. The largest absolute Gasteiger partial charge is 0.266 e. The van der Waals surface area contributed by atoms with Crippen molar-refractivity contribution < 1.29 is 15.3 Å². The van der Waals surface area contributed by atoms with Crippen LogP contribution in [-0.4, -0.2) is 27.4 Å². The summed E-state index contributed by atoms with van der Waals surface area (Å²) in [6.45, 7) is 2.26. The predicted octanol–water partition coefficient (Wildman–Crippen LogP) is 3.05. The fourth-order valence-corrected chi connectivity index (χ4v) is 3.64. The molecule has 0 aromatic carbocycles. The zero-order chi connectivity index (χ0) is 13.0. The highest BCUT2D eigenvalue weighted by atomic mass is 32.1. The molecule has 1 aliphatic rings. The first-order valence-electron chi connectivity index (χ1n) is 6.44. The predicted molar refractivity (Wildman–Crippen MR) is 67.7 cm³/mol. The molecule has 0 amide bonds. The Bertz CT molecular complexity index is 375. The molecule has 0 spiro atoms. The minimum absolute atomic E-state index is 0.238. The first kappa shape index (κ1) is 13.9. The summed E-state index contributed by atoms with van der Waals surface area (Å²) in [4.78, 5) is 10.4. The van der Waals surface area contributed by atoms with Crippen LogP contribution in [0.15, 0.2) is 0 Å². The van der Waals surface area contributed by atoms with Crippen molar-refractivity contribution in [2.75, 3.05) is 6.61 Å². The van der Waals surface area contributed by atoms with E-state index in [9.17, 15) is 0 Å². The molecular weight excluding hydrogens is 252 g/mol. The summed E-state index contributed by atoms with van der Waals surface area (Å²) >= 11 is 1.74. The Morgan fingerprint density at radius 1 is 1.33 bits per heavy atom. The molecule has 102 valence electrons. The van der Waals surface area contributed by atoms with Gasteiger partial charge in [-0.15, -0.1) is 11.3 Å². The molecule has 1 aliphatic carbocycles. The second-order valence-electron chi connectivity index (χ2n) is 4.73. The van der Waals surface area contributed by atoms with Gasteiger partial charge in [0.15, 0.2) is 0 Å². The second-order valence-corrected chi connectivity index (χ2v) is 5.85. The van der Waals surface area contributed by atoms with Gasteiger partial charge in [0.2, 0.25) is 0 Å². The number of hydrogen-bond donors (Lipinski definition) is 2. The van der Waals surface area contributed by atoms with Crippen molar-refractivity contribution in [2.45, 2.75) is 51.4 Å². The Morgan fingerprint density at radius 3 is 2.72 bits per heavy atom. The molecule has 18 heavy (non-hydrogen) atoms. The topological polar surface area (TPSA) is 65.8 Å². The minimum atomic E-state index is -0.238. The normalized spacial score (nSPS) is 17.6. The third-order valence-electron chi connectivity index (χ3n) is 3.40. The van der Waals surface area contributed by atoms with E-state index < -0.39 is 0 Å². The van der Waals surface area contributed by atoms with Crippen LogP contribution in [0.2, 0.25) is 0 Å². The number of thiazole rings is 1. The lowest BCUT2D eigenvalue weighted by molar-refractivity contribution is -0.492. The average molecular weight is 272 g/mol. The lowest BCUT2D eigenvalue weighted by Crippen LogP contribution is -2.16. The van der Waals surface area contributed by atoms with Crippen molar-refractivity contribution in [3.63, 3.8) is 0 Å². The van der Waals surface area contributed by atoms with Crippen molar-refractivity contribution in [1.29, 1.82) is 0 Å². The highest BCUT2D eigenvalue weighted by Gasteiger charge is 2.20. The van der Waals surface area contributed by atoms with E-state index in [0.29, 0.717) is 12.3 Å². The number of rotatable bonds is 5. The first-order valence-corrected chi connectivity index (χ1v) is 7.25. The van der Waals surface area contributed by atoms with Gasteiger partial charge in [0.25, 0.3) is 0 Å². The van der Waals surface area contributed by atoms with Gasteiger partial charge in [-0.05, 0) is 19.8 Å². The van der Waals surface area contributed by atoms with E-state index >= 15 is 0 Å². The van der Waals surface area contributed by atoms with Crippen LogP contribution in [0.1, 0.15) is 53.6 Å². The Kier molecular flexibility index (Phi) is 5.08. The second kappa shape index (κ2) is 6.58. The Balaban J connectivity index is 1.93. The summed E-state index contributed by atoms with van der Waals surface area (Å²) in [5.74, 6) is 0.629. The Morgan fingerprint density at radius 2 is 2.06 bits per heavy atom. The van der Waals surface area contributed by atoms with Crippen LogP contribution >= 0.6 is 11.3 Å². The maximum atomic E-state index is 8.46. The number of nitrogens with zero attached hydrogens (tertiary/aromatic N) is 2. The van der Waals surface area contributed by atoms with Crippen LogP contribution in [0.5, 0.6) is 0 Å². The zero-order valence-electron chi connectivity index (χ0n) is 10.6. The molecule has 0 radical (unpaired) electrons. The van der Waals surface area contributed by atoms with Gasteiger partial charge in [0.1, 0.15) is 0 Å². The van der Waals surface area contributed by atoms with Crippen molar-refractivity contribution in [1.82, 2.24) is 10.4 Å². The maximum absolute atomic E-state index is 8.46. The van der Waals surface area contributed by atoms with Crippen molar-refractivity contribution in [3.05, 3.63) is 15.6 Å². The molecule has 1 aromatic rings. The smallest absolute Gasteiger partial charge is 0.0961 e. The maximum Gasteiger partial charge on any atom is 0.0961 e. The van der Waals surface area contributed by atoms with Gasteiger partial charge >= 0.3 is 0 Å². The lowest BCUT2D eigenvalue weighted by atomic mass is 9.90. The van der Waals surface area contributed by atoms with Gasteiger partial charge in [-0.3, -0.25) is 15.3 Å². The molecule has 0 bridgehead atoms. The average Bonchev–Trinajstić information content (AvgIpc) is 2.72. The van der Waals surface area contributed by atoms with Crippen LogP contribution in [0.25, 0.3) is 0 Å². The number of aromatic nitrogens is 1. The molecule has 1 heterocycles. The molecule has 1 saturated carbocycles. The van der Waals surface area contributed by atoms with E-state index in [0.717, 1.165) is 5.69 Å². The Hall–Kier alpha value is -0.530. The molecular formula is C12H20N2O3S. The van der Waals surface area contributed by atoms with E-state index in [-0.39, 0.29) is 12.0 Å². The monoisotopic (exact) mass is 272 g/mol. The van der Waals surface area contributed by atoms with Gasteiger partial charge in [-0.25, -0.2) is 4.98 Å². The molecule has 6 heteroatoms. The summed E-state index contributed by atoms with van der Waals surface area (Å²) in [6.07, 6.45) is 7.14. The van der Waals surface area contributed by atoms with Crippen molar-refractivity contribution in [3.8, 4) is 0 Å². The van der Waals surface area contributed by atoms with Crippen molar-refractivity contribution >= 4 is 11.3 Å². The molecule has 1 fully saturated rings. The third kappa shape index (κ3) is 3.73.